The van der Waals surface area contributed by atoms with E-state index in [1.165, 1.54) is 5.56 Å². The maximum absolute atomic E-state index is 10.8. The van der Waals surface area contributed by atoms with E-state index < -0.39 is 36.8 Å². The SMILES string of the molecule is CCc1ccc(-c2csc3cc4c(cc23)[C@]2(OC4)O[C@H](CO)[C@@H](O)C(O)[C@H]2O)cc1. The Hall–Kier alpha value is -1.84. The van der Waals surface area contributed by atoms with Crippen LogP contribution >= 0.6 is 11.3 Å². The van der Waals surface area contributed by atoms with Crippen molar-refractivity contribution in [1.29, 1.82) is 0 Å². The largest absolute Gasteiger partial charge is 0.394 e. The summed E-state index contributed by atoms with van der Waals surface area (Å²) in [5, 5.41) is 44.0. The molecule has 1 saturated heterocycles. The molecule has 5 rings (SSSR count). The zero-order valence-electron chi connectivity index (χ0n) is 16.5. The normalized spacial score (nSPS) is 30.8. The predicted molar refractivity (Wildman–Crippen MR) is 113 cm³/mol. The van der Waals surface area contributed by atoms with Crippen molar-refractivity contribution in [2.75, 3.05) is 6.61 Å². The van der Waals surface area contributed by atoms with Crippen molar-refractivity contribution >= 4 is 21.4 Å². The first-order valence-corrected chi connectivity index (χ1v) is 11.0. The first-order valence-electron chi connectivity index (χ1n) is 10.1. The van der Waals surface area contributed by atoms with Gasteiger partial charge in [-0.3, -0.25) is 0 Å². The zero-order chi connectivity index (χ0) is 21.0. The molecule has 1 aromatic heterocycles. The molecule has 3 aromatic rings. The Labute approximate surface area is 177 Å². The Morgan fingerprint density at radius 3 is 2.57 bits per heavy atom. The molecule has 2 aliphatic heterocycles. The number of thiophene rings is 1. The third-order valence-corrected chi connectivity index (χ3v) is 7.19. The second-order valence-corrected chi connectivity index (χ2v) is 8.84. The summed E-state index contributed by atoms with van der Waals surface area (Å²) in [6.07, 6.45) is -4.47. The molecule has 158 valence electrons. The summed E-state index contributed by atoms with van der Waals surface area (Å²) < 4.78 is 12.9. The molecule has 0 radical (unpaired) electrons. The molecule has 0 aliphatic carbocycles. The van der Waals surface area contributed by atoms with E-state index in [-0.39, 0.29) is 6.61 Å². The van der Waals surface area contributed by atoms with Gasteiger partial charge in [0.1, 0.15) is 24.4 Å². The summed E-state index contributed by atoms with van der Waals surface area (Å²) in [5.41, 5.74) is 4.92. The lowest BCUT2D eigenvalue weighted by Crippen LogP contribution is -2.63. The van der Waals surface area contributed by atoms with Gasteiger partial charge in [-0.25, -0.2) is 0 Å². The number of ether oxygens (including phenoxy) is 2. The zero-order valence-corrected chi connectivity index (χ0v) is 17.3. The lowest BCUT2D eigenvalue weighted by Gasteiger charge is -2.46. The molecule has 2 aliphatic rings. The van der Waals surface area contributed by atoms with Crippen molar-refractivity contribution in [2.45, 2.75) is 50.2 Å². The molecule has 4 N–H and O–H groups in total. The molecule has 1 spiro atoms. The van der Waals surface area contributed by atoms with Crippen LogP contribution in [0.1, 0.15) is 23.6 Å². The fourth-order valence-corrected chi connectivity index (χ4v) is 5.46. The summed E-state index contributed by atoms with van der Waals surface area (Å²) in [6.45, 7) is 1.83. The molecule has 5 atom stereocenters. The highest BCUT2D eigenvalue weighted by atomic mass is 32.1. The van der Waals surface area contributed by atoms with Crippen LogP contribution < -0.4 is 0 Å². The van der Waals surface area contributed by atoms with E-state index in [2.05, 4.69) is 36.6 Å². The number of aliphatic hydroxyl groups excluding tert-OH is 4. The molecule has 0 amide bonds. The number of hydrogen-bond donors (Lipinski definition) is 4. The summed E-state index contributed by atoms with van der Waals surface area (Å²) in [7, 11) is 0. The van der Waals surface area contributed by atoms with Crippen LogP contribution in [-0.2, 0) is 28.3 Å². The lowest BCUT2D eigenvalue weighted by atomic mass is 9.86. The standard InChI is InChI=1S/C23H24O6S/c1-2-12-3-5-13(6-4-12)16-11-30-19-7-14-10-28-23(17(14)8-15(16)19)22(27)21(26)20(25)18(9-24)29-23/h3-8,11,18,20-22,24-27H,2,9-10H2,1H3/t18-,20-,21?,22-,23+/m1/s1. The number of benzene rings is 2. The van der Waals surface area contributed by atoms with E-state index in [0.29, 0.717) is 5.56 Å². The van der Waals surface area contributed by atoms with Gasteiger partial charge in [0.25, 0.3) is 0 Å². The predicted octanol–water partition coefficient (Wildman–Crippen LogP) is 2.29. The van der Waals surface area contributed by atoms with Gasteiger partial charge < -0.3 is 29.9 Å². The van der Waals surface area contributed by atoms with Crippen LogP contribution in [0.3, 0.4) is 0 Å². The van der Waals surface area contributed by atoms with Crippen molar-refractivity contribution in [1.82, 2.24) is 0 Å². The van der Waals surface area contributed by atoms with Gasteiger partial charge in [-0.05, 0) is 40.6 Å². The van der Waals surface area contributed by atoms with E-state index in [1.54, 1.807) is 11.3 Å². The van der Waals surface area contributed by atoms with Crippen molar-refractivity contribution < 1.29 is 29.9 Å². The van der Waals surface area contributed by atoms with E-state index >= 15 is 0 Å². The van der Waals surface area contributed by atoms with Crippen LogP contribution in [0.4, 0.5) is 0 Å². The van der Waals surface area contributed by atoms with Crippen LogP contribution in [0.5, 0.6) is 0 Å². The summed E-state index contributed by atoms with van der Waals surface area (Å²) in [5.74, 6) is -1.62. The Morgan fingerprint density at radius 2 is 1.87 bits per heavy atom. The fraction of sp³-hybridized carbons (Fsp3) is 0.391. The fourth-order valence-electron chi connectivity index (χ4n) is 4.45. The first-order chi connectivity index (χ1) is 14.5. The Morgan fingerprint density at radius 1 is 1.10 bits per heavy atom. The smallest absolute Gasteiger partial charge is 0.225 e. The third-order valence-electron chi connectivity index (χ3n) is 6.24. The third kappa shape index (κ3) is 2.85. The van der Waals surface area contributed by atoms with Gasteiger partial charge in [-0.1, -0.05) is 31.2 Å². The van der Waals surface area contributed by atoms with Crippen LogP contribution in [0.25, 0.3) is 21.2 Å². The molecule has 2 aromatic carbocycles. The van der Waals surface area contributed by atoms with E-state index in [1.807, 2.05) is 12.1 Å². The van der Waals surface area contributed by atoms with Gasteiger partial charge in [-0.15, -0.1) is 11.3 Å². The van der Waals surface area contributed by atoms with Gasteiger partial charge in [0.2, 0.25) is 5.79 Å². The molecule has 6 nitrogen and oxygen atoms in total. The van der Waals surface area contributed by atoms with Gasteiger partial charge in [0, 0.05) is 21.2 Å². The Balaban J connectivity index is 1.63. The van der Waals surface area contributed by atoms with Crippen molar-refractivity contribution in [2.24, 2.45) is 0 Å². The van der Waals surface area contributed by atoms with Crippen molar-refractivity contribution in [3.05, 3.63) is 58.5 Å². The second-order valence-electron chi connectivity index (χ2n) is 7.93. The minimum absolute atomic E-state index is 0.210. The summed E-state index contributed by atoms with van der Waals surface area (Å²) in [6, 6.07) is 12.4. The molecule has 0 saturated carbocycles. The highest BCUT2D eigenvalue weighted by molar-refractivity contribution is 7.17. The van der Waals surface area contributed by atoms with Crippen LogP contribution in [0.2, 0.25) is 0 Å². The van der Waals surface area contributed by atoms with Crippen LogP contribution in [0.15, 0.2) is 41.8 Å². The molecule has 1 fully saturated rings. The highest BCUT2D eigenvalue weighted by Crippen LogP contribution is 2.48. The van der Waals surface area contributed by atoms with E-state index in [0.717, 1.165) is 33.2 Å². The van der Waals surface area contributed by atoms with E-state index in [9.17, 15) is 20.4 Å². The number of fused-ring (bicyclic) bond motifs is 3. The summed E-state index contributed by atoms with van der Waals surface area (Å²) >= 11 is 1.64. The lowest BCUT2D eigenvalue weighted by molar-refractivity contribution is -0.368. The van der Waals surface area contributed by atoms with Crippen LogP contribution in [-0.4, -0.2) is 51.4 Å². The molecule has 7 heteroatoms. The Bertz CT molecular complexity index is 1080. The quantitative estimate of drug-likeness (QED) is 0.511. The molecular formula is C23H24O6S. The van der Waals surface area contributed by atoms with Crippen molar-refractivity contribution in [3.63, 3.8) is 0 Å². The highest BCUT2D eigenvalue weighted by Gasteiger charge is 2.58. The monoisotopic (exact) mass is 428 g/mol. The number of aryl methyl sites for hydroxylation is 1. The van der Waals surface area contributed by atoms with Gasteiger partial charge in [0.15, 0.2) is 0 Å². The summed E-state index contributed by atoms with van der Waals surface area (Å²) in [4.78, 5) is 0. The number of rotatable bonds is 3. The molecule has 1 unspecified atom stereocenters. The van der Waals surface area contributed by atoms with Crippen LogP contribution in [0, 0.1) is 0 Å². The number of hydrogen-bond acceptors (Lipinski definition) is 7. The molecule has 0 bridgehead atoms. The molecule has 30 heavy (non-hydrogen) atoms. The maximum atomic E-state index is 10.8. The minimum Gasteiger partial charge on any atom is -0.394 e. The molecule has 3 heterocycles. The average molecular weight is 429 g/mol. The molecular weight excluding hydrogens is 404 g/mol. The number of aliphatic hydroxyl groups is 4. The Kier molecular flexibility index (Phi) is 4.95. The van der Waals surface area contributed by atoms with Gasteiger partial charge >= 0.3 is 0 Å². The van der Waals surface area contributed by atoms with E-state index in [4.69, 9.17) is 9.47 Å². The average Bonchev–Trinajstić information content (AvgIpc) is 3.35. The second kappa shape index (κ2) is 7.39. The first kappa shape index (κ1) is 20.1. The van der Waals surface area contributed by atoms with Crippen molar-refractivity contribution in [3.8, 4) is 11.1 Å². The topological polar surface area (TPSA) is 99.4 Å². The maximum Gasteiger partial charge on any atom is 0.225 e. The van der Waals surface area contributed by atoms with Gasteiger partial charge in [-0.2, -0.15) is 0 Å². The van der Waals surface area contributed by atoms with Gasteiger partial charge in [0.05, 0.1) is 13.2 Å². The minimum atomic E-state index is -1.62.